The molecule has 0 aromatic heterocycles. The average molecular weight is 413 g/mol. The summed E-state index contributed by atoms with van der Waals surface area (Å²) in [5, 5.41) is 11.6. The van der Waals surface area contributed by atoms with E-state index in [4.69, 9.17) is 5.26 Å². The molecule has 1 fully saturated rings. The van der Waals surface area contributed by atoms with Gasteiger partial charge in [-0.3, -0.25) is 4.79 Å². The Bertz CT molecular complexity index is 1000. The minimum absolute atomic E-state index is 0.00744. The molecule has 0 saturated carbocycles. The van der Waals surface area contributed by atoms with Crippen molar-refractivity contribution in [1.82, 2.24) is 9.21 Å². The van der Waals surface area contributed by atoms with E-state index < -0.39 is 10.0 Å². The van der Waals surface area contributed by atoms with Crippen LogP contribution in [0.5, 0.6) is 0 Å². The van der Waals surface area contributed by atoms with E-state index in [1.807, 2.05) is 13.1 Å². The molecule has 1 aliphatic heterocycles. The zero-order chi connectivity index (χ0) is 21.0. The molecule has 0 unspecified atom stereocenters. The Kier molecular flexibility index (Phi) is 6.33. The van der Waals surface area contributed by atoms with Crippen LogP contribution in [0.2, 0.25) is 0 Å². The van der Waals surface area contributed by atoms with Crippen LogP contribution in [0.15, 0.2) is 53.4 Å². The van der Waals surface area contributed by atoms with Crippen LogP contribution < -0.4 is 5.32 Å². The number of benzene rings is 2. The number of hydrogen-bond donors (Lipinski definition) is 1. The Morgan fingerprint density at radius 3 is 2.24 bits per heavy atom. The third-order valence-corrected chi connectivity index (χ3v) is 7.19. The van der Waals surface area contributed by atoms with E-state index in [9.17, 15) is 13.2 Å². The molecule has 0 radical (unpaired) electrons. The number of anilines is 1. The van der Waals surface area contributed by atoms with Crippen LogP contribution in [0.1, 0.15) is 28.8 Å². The van der Waals surface area contributed by atoms with E-state index in [0.717, 1.165) is 25.9 Å². The number of sulfonamides is 1. The lowest BCUT2D eigenvalue weighted by Crippen LogP contribution is -2.44. The van der Waals surface area contributed by atoms with Crippen molar-refractivity contribution >= 4 is 21.6 Å². The van der Waals surface area contributed by atoms with Gasteiger partial charge in [-0.25, -0.2) is 8.42 Å². The molecule has 2 aromatic rings. The molecule has 3 rings (SSSR count). The van der Waals surface area contributed by atoms with Crippen molar-refractivity contribution in [1.29, 1.82) is 5.26 Å². The number of rotatable bonds is 5. The van der Waals surface area contributed by atoms with Gasteiger partial charge in [-0.15, -0.1) is 0 Å². The predicted octanol–water partition coefficient (Wildman–Crippen LogP) is 2.53. The van der Waals surface area contributed by atoms with Crippen molar-refractivity contribution in [2.24, 2.45) is 0 Å². The number of nitrogens with zero attached hydrogens (tertiary/aromatic N) is 3. The van der Waals surface area contributed by atoms with Crippen LogP contribution in [-0.2, 0) is 10.0 Å². The van der Waals surface area contributed by atoms with Gasteiger partial charge < -0.3 is 10.2 Å². The van der Waals surface area contributed by atoms with Gasteiger partial charge in [0.1, 0.15) is 0 Å². The van der Waals surface area contributed by atoms with Gasteiger partial charge in [0, 0.05) is 24.3 Å². The van der Waals surface area contributed by atoms with E-state index in [0.29, 0.717) is 16.8 Å². The molecule has 7 nitrogen and oxygen atoms in total. The number of nitrogens with one attached hydrogen (secondary N) is 1. The molecule has 1 amide bonds. The lowest BCUT2D eigenvalue weighted by molar-refractivity contribution is 0.102. The van der Waals surface area contributed by atoms with E-state index in [1.54, 1.807) is 43.4 Å². The van der Waals surface area contributed by atoms with Crippen molar-refractivity contribution in [3.05, 3.63) is 59.7 Å². The maximum Gasteiger partial charge on any atom is 0.255 e. The number of hydrogen-bond acceptors (Lipinski definition) is 5. The highest BCUT2D eigenvalue weighted by atomic mass is 32.2. The highest BCUT2D eigenvalue weighted by Gasteiger charge is 2.30. The monoisotopic (exact) mass is 412 g/mol. The number of nitriles is 1. The number of carbonyl (C=O) groups is 1. The summed E-state index contributed by atoms with van der Waals surface area (Å²) in [4.78, 5) is 14.7. The first-order valence-electron chi connectivity index (χ1n) is 9.39. The average Bonchev–Trinajstić information content (AvgIpc) is 2.74. The molecule has 29 heavy (non-hydrogen) atoms. The number of amides is 1. The van der Waals surface area contributed by atoms with E-state index in [-0.39, 0.29) is 16.8 Å². The molecular formula is C21H24N4O3S. The number of piperidine rings is 1. The second kappa shape index (κ2) is 8.74. The molecule has 1 aliphatic rings. The zero-order valence-electron chi connectivity index (χ0n) is 16.5. The second-order valence-electron chi connectivity index (χ2n) is 7.22. The highest BCUT2D eigenvalue weighted by molar-refractivity contribution is 7.89. The van der Waals surface area contributed by atoms with Gasteiger partial charge in [0.2, 0.25) is 10.0 Å². The molecule has 0 spiro atoms. The lowest BCUT2D eigenvalue weighted by Gasteiger charge is -2.34. The summed E-state index contributed by atoms with van der Waals surface area (Å²) in [6.07, 6.45) is 1.62. The molecule has 0 atom stereocenters. The fourth-order valence-electron chi connectivity index (χ4n) is 3.33. The van der Waals surface area contributed by atoms with E-state index >= 15 is 0 Å². The van der Waals surface area contributed by atoms with Crippen molar-refractivity contribution < 1.29 is 13.2 Å². The van der Waals surface area contributed by atoms with Crippen LogP contribution in [-0.4, -0.2) is 56.8 Å². The summed E-state index contributed by atoms with van der Waals surface area (Å²) < 4.78 is 27.3. The molecular weight excluding hydrogens is 388 g/mol. The second-order valence-corrected chi connectivity index (χ2v) is 9.22. The van der Waals surface area contributed by atoms with Gasteiger partial charge in [-0.2, -0.15) is 9.57 Å². The molecule has 8 heteroatoms. The third kappa shape index (κ3) is 4.82. The quantitative estimate of drug-likeness (QED) is 0.814. The molecule has 1 N–H and O–H groups in total. The summed E-state index contributed by atoms with van der Waals surface area (Å²) in [6.45, 7) is 1.76. The fraction of sp³-hybridized carbons (Fsp3) is 0.333. The zero-order valence-corrected chi connectivity index (χ0v) is 17.3. The van der Waals surface area contributed by atoms with Crippen LogP contribution in [0.4, 0.5) is 5.69 Å². The largest absolute Gasteiger partial charge is 0.322 e. The Morgan fingerprint density at radius 1 is 1.10 bits per heavy atom. The summed E-state index contributed by atoms with van der Waals surface area (Å²) in [5.74, 6) is -0.325. The SMILES string of the molecule is CN1CCC(N(C)S(=O)(=O)c2ccc(NC(=O)c3ccc(C#N)cc3)cc2)CC1. The Labute approximate surface area is 171 Å². The van der Waals surface area contributed by atoms with Crippen molar-refractivity contribution in [3.63, 3.8) is 0 Å². The summed E-state index contributed by atoms with van der Waals surface area (Å²) in [5.41, 5.74) is 1.40. The van der Waals surface area contributed by atoms with Gasteiger partial charge in [0.05, 0.1) is 16.5 Å². The molecule has 2 aromatic carbocycles. The van der Waals surface area contributed by atoms with Gasteiger partial charge >= 0.3 is 0 Å². The number of carbonyl (C=O) groups excluding carboxylic acids is 1. The summed E-state index contributed by atoms with van der Waals surface area (Å²) in [7, 11) is 0.0785. The summed E-state index contributed by atoms with van der Waals surface area (Å²) in [6, 6.07) is 14.5. The maximum atomic E-state index is 12.9. The minimum Gasteiger partial charge on any atom is -0.322 e. The van der Waals surface area contributed by atoms with Crippen LogP contribution in [0, 0.1) is 11.3 Å². The Morgan fingerprint density at radius 2 is 1.69 bits per heavy atom. The smallest absolute Gasteiger partial charge is 0.255 e. The normalized spacial score (nSPS) is 15.8. The van der Waals surface area contributed by atoms with E-state index in [1.165, 1.54) is 16.4 Å². The fourth-order valence-corrected chi connectivity index (χ4v) is 4.75. The summed E-state index contributed by atoms with van der Waals surface area (Å²) >= 11 is 0. The van der Waals surface area contributed by atoms with E-state index in [2.05, 4.69) is 10.2 Å². The van der Waals surface area contributed by atoms with Gasteiger partial charge in [0.15, 0.2) is 0 Å². The van der Waals surface area contributed by atoms with Crippen LogP contribution >= 0.6 is 0 Å². The Hall–Kier alpha value is -2.73. The van der Waals surface area contributed by atoms with Gasteiger partial charge in [-0.05, 0) is 81.5 Å². The molecule has 1 saturated heterocycles. The standard InChI is InChI=1S/C21H24N4O3S/c1-24-13-11-19(12-14-24)25(2)29(27,28)20-9-7-18(8-10-20)23-21(26)17-5-3-16(15-22)4-6-17/h3-10,19H,11-14H2,1-2H3,(H,23,26). The van der Waals surface area contributed by atoms with Crippen LogP contribution in [0.3, 0.4) is 0 Å². The van der Waals surface area contributed by atoms with Crippen molar-refractivity contribution in [2.75, 3.05) is 32.5 Å². The maximum absolute atomic E-state index is 12.9. The third-order valence-electron chi connectivity index (χ3n) is 5.27. The first-order chi connectivity index (χ1) is 13.8. The van der Waals surface area contributed by atoms with Gasteiger partial charge in [0.25, 0.3) is 5.91 Å². The molecule has 1 heterocycles. The van der Waals surface area contributed by atoms with Gasteiger partial charge in [-0.1, -0.05) is 0 Å². The predicted molar refractivity (Wildman–Crippen MR) is 111 cm³/mol. The van der Waals surface area contributed by atoms with Crippen molar-refractivity contribution in [3.8, 4) is 6.07 Å². The molecule has 0 aliphatic carbocycles. The van der Waals surface area contributed by atoms with Crippen LogP contribution in [0.25, 0.3) is 0 Å². The minimum atomic E-state index is -3.59. The number of likely N-dealkylation sites (tertiary alicyclic amines) is 1. The lowest BCUT2D eigenvalue weighted by atomic mass is 10.1. The first kappa shape index (κ1) is 21.0. The van der Waals surface area contributed by atoms with Crippen molar-refractivity contribution in [2.45, 2.75) is 23.8 Å². The molecule has 152 valence electrons. The first-order valence-corrected chi connectivity index (χ1v) is 10.8. The topological polar surface area (TPSA) is 93.5 Å². The highest BCUT2D eigenvalue weighted by Crippen LogP contribution is 2.23. The Balaban J connectivity index is 1.68. The molecule has 0 bridgehead atoms.